The maximum Gasteiger partial charge on any atom is 0.152 e. The van der Waals surface area contributed by atoms with Gasteiger partial charge in [-0.1, -0.05) is 30.3 Å². The molecule has 0 bridgehead atoms. The highest BCUT2D eigenvalue weighted by molar-refractivity contribution is 7.91. The third-order valence-electron chi connectivity index (χ3n) is 3.04. The molecule has 1 saturated heterocycles. The van der Waals surface area contributed by atoms with Crippen LogP contribution in [0.2, 0.25) is 0 Å². The SMILES string of the molecule is NC1(Cc2ccccc2)CCCS(=O)(=O)C1. The van der Waals surface area contributed by atoms with Crippen LogP contribution >= 0.6 is 0 Å². The molecule has 4 heteroatoms. The van der Waals surface area contributed by atoms with Crippen LogP contribution < -0.4 is 5.73 Å². The third-order valence-corrected chi connectivity index (χ3v) is 4.96. The molecule has 0 aliphatic carbocycles. The Bertz CT molecular complexity index is 455. The van der Waals surface area contributed by atoms with Gasteiger partial charge in [-0.25, -0.2) is 8.42 Å². The van der Waals surface area contributed by atoms with Crippen molar-refractivity contribution in [2.45, 2.75) is 24.8 Å². The molecular formula is C12H17NO2S. The molecule has 1 aliphatic heterocycles. The van der Waals surface area contributed by atoms with E-state index in [4.69, 9.17) is 5.73 Å². The minimum atomic E-state index is -2.94. The minimum absolute atomic E-state index is 0.120. The molecule has 1 aromatic rings. The van der Waals surface area contributed by atoms with E-state index in [-0.39, 0.29) is 5.75 Å². The molecule has 0 radical (unpaired) electrons. The predicted octanol–water partition coefficient (Wildman–Crippen LogP) is 1.14. The van der Waals surface area contributed by atoms with E-state index in [9.17, 15) is 8.42 Å². The zero-order valence-corrected chi connectivity index (χ0v) is 10.0. The van der Waals surface area contributed by atoms with Gasteiger partial charge in [0, 0.05) is 5.54 Å². The summed E-state index contributed by atoms with van der Waals surface area (Å²) in [7, 11) is -2.94. The van der Waals surface area contributed by atoms with Gasteiger partial charge in [0.1, 0.15) is 0 Å². The summed E-state index contributed by atoms with van der Waals surface area (Å²) >= 11 is 0. The Balaban J connectivity index is 2.14. The Kier molecular flexibility index (Phi) is 3.04. The average molecular weight is 239 g/mol. The summed E-state index contributed by atoms with van der Waals surface area (Å²) in [6, 6.07) is 9.85. The normalized spacial score (nSPS) is 28.8. The fourth-order valence-electron chi connectivity index (χ4n) is 2.37. The molecule has 0 spiro atoms. The lowest BCUT2D eigenvalue weighted by atomic mass is 9.89. The predicted molar refractivity (Wildman–Crippen MR) is 65.0 cm³/mol. The van der Waals surface area contributed by atoms with Crippen LogP contribution in [0.5, 0.6) is 0 Å². The van der Waals surface area contributed by atoms with E-state index in [1.807, 2.05) is 30.3 Å². The van der Waals surface area contributed by atoms with Crippen molar-refractivity contribution in [2.75, 3.05) is 11.5 Å². The van der Waals surface area contributed by atoms with Gasteiger partial charge in [0.05, 0.1) is 11.5 Å². The highest BCUT2D eigenvalue weighted by Gasteiger charge is 2.35. The lowest BCUT2D eigenvalue weighted by molar-refractivity contribution is 0.406. The zero-order valence-electron chi connectivity index (χ0n) is 9.22. The van der Waals surface area contributed by atoms with Crippen molar-refractivity contribution in [3.63, 3.8) is 0 Å². The molecule has 0 saturated carbocycles. The first kappa shape index (κ1) is 11.6. The molecule has 1 aliphatic rings. The molecule has 2 rings (SSSR count). The van der Waals surface area contributed by atoms with Crippen molar-refractivity contribution in [3.8, 4) is 0 Å². The Labute approximate surface area is 96.6 Å². The number of sulfone groups is 1. The molecule has 1 aromatic carbocycles. The molecule has 1 fully saturated rings. The second kappa shape index (κ2) is 4.18. The molecule has 0 aromatic heterocycles. The van der Waals surface area contributed by atoms with E-state index in [0.29, 0.717) is 18.6 Å². The number of rotatable bonds is 2. The van der Waals surface area contributed by atoms with Gasteiger partial charge in [0.2, 0.25) is 0 Å². The molecule has 1 heterocycles. The molecule has 3 nitrogen and oxygen atoms in total. The van der Waals surface area contributed by atoms with Crippen LogP contribution in [0.4, 0.5) is 0 Å². The molecule has 0 amide bonds. The van der Waals surface area contributed by atoms with Gasteiger partial charge in [-0.05, 0) is 24.8 Å². The lowest BCUT2D eigenvalue weighted by Crippen LogP contribution is -2.51. The number of nitrogens with two attached hydrogens (primary N) is 1. The molecule has 1 unspecified atom stereocenters. The van der Waals surface area contributed by atoms with Gasteiger partial charge in [-0.15, -0.1) is 0 Å². The van der Waals surface area contributed by atoms with Crippen molar-refractivity contribution in [2.24, 2.45) is 5.73 Å². The van der Waals surface area contributed by atoms with E-state index in [1.54, 1.807) is 0 Å². The molecular weight excluding hydrogens is 222 g/mol. The Morgan fingerprint density at radius 3 is 2.56 bits per heavy atom. The Morgan fingerprint density at radius 2 is 1.94 bits per heavy atom. The van der Waals surface area contributed by atoms with Gasteiger partial charge < -0.3 is 5.73 Å². The van der Waals surface area contributed by atoms with E-state index in [2.05, 4.69) is 0 Å². The van der Waals surface area contributed by atoms with Crippen molar-refractivity contribution in [3.05, 3.63) is 35.9 Å². The minimum Gasteiger partial charge on any atom is -0.324 e. The van der Waals surface area contributed by atoms with Gasteiger partial charge in [-0.2, -0.15) is 0 Å². The van der Waals surface area contributed by atoms with E-state index < -0.39 is 15.4 Å². The van der Waals surface area contributed by atoms with Gasteiger partial charge in [0.15, 0.2) is 9.84 Å². The van der Waals surface area contributed by atoms with Crippen LogP contribution in [0.3, 0.4) is 0 Å². The summed E-state index contributed by atoms with van der Waals surface area (Å²) in [5, 5.41) is 0. The average Bonchev–Trinajstić information content (AvgIpc) is 2.16. The van der Waals surface area contributed by atoms with Crippen LogP contribution in [0.25, 0.3) is 0 Å². The first-order valence-corrected chi connectivity index (χ1v) is 7.35. The summed E-state index contributed by atoms with van der Waals surface area (Å²) in [6.45, 7) is 0. The quantitative estimate of drug-likeness (QED) is 0.841. The maximum atomic E-state index is 11.6. The summed E-state index contributed by atoms with van der Waals surface area (Å²) in [4.78, 5) is 0. The van der Waals surface area contributed by atoms with Crippen LogP contribution in [-0.2, 0) is 16.3 Å². The van der Waals surface area contributed by atoms with Crippen molar-refractivity contribution < 1.29 is 8.42 Å². The van der Waals surface area contributed by atoms with Crippen LogP contribution in [-0.4, -0.2) is 25.5 Å². The zero-order chi connectivity index (χ0) is 11.6. The van der Waals surface area contributed by atoms with Gasteiger partial charge in [-0.3, -0.25) is 0 Å². The van der Waals surface area contributed by atoms with E-state index >= 15 is 0 Å². The Morgan fingerprint density at radius 1 is 1.25 bits per heavy atom. The number of hydrogen-bond acceptors (Lipinski definition) is 3. The smallest absolute Gasteiger partial charge is 0.152 e. The first-order chi connectivity index (χ1) is 7.49. The topological polar surface area (TPSA) is 60.2 Å². The summed E-state index contributed by atoms with van der Waals surface area (Å²) in [5.74, 6) is 0.412. The van der Waals surface area contributed by atoms with Crippen molar-refractivity contribution >= 4 is 9.84 Å². The van der Waals surface area contributed by atoms with Gasteiger partial charge in [0.25, 0.3) is 0 Å². The van der Waals surface area contributed by atoms with E-state index in [1.165, 1.54) is 0 Å². The maximum absolute atomic E-state index is 11.6. The van der Waals surface area contributed by atoms with Crippen LogP contribution in [0, 0.1) is 0 Å². The number of benzene rings is 1. The van der Waals surface area contributed by atoms with Crippen molar-refractivity contribution in [1.82, 2.24) is 0 Å². The van der Waals surface area contributed by atoms with Crippen LogP contribution in [0.1, 0.15) is 18.4 Å². The summed E-state index contributed by atoms with van der Waals surface area (Å²) < 4.78 is 23.2. The fraction of sp³-hybridized carbons (Fsp3) is 0.500. The summed E-state index contributed by atoms with van der Waals surface area (Å²) in [5.41, 5.74) is 6.73. The number of hydrogen-bond donors (Lipinski definition) is 1. The highest BCUT2D eigenvalue weighted by Crippen LogP contribution is 2.24. The largest absolute Gasteiger partial charge is 0.324 e. The third kappa shape index (κ3) is 2.83. The van der Waals surface area contributed by atoms with E-state index in [0.717, 1.165) is 12.0 Å². The molecule has 1 atom stereocenters. The van der Waals surface area contributed by atoms with Gasteiger partial charge >= 0.3 is 0 Å². The molecule has 16 heavy (non-hydrogen) atoms. The summed E-state index contributed by atoms with van der Waals surface area (Å²) in [6.07, 6.45) is 2.12. The first-order valence-electron chi connectivity index (χ1n) is 5.52. The Hall–Kier alpha value is -0.870. The molecule has 2 N–H and O–H groups in total. The molecule has 88 valence electrons. The highest BCUT2D eigenvalue weighted by atomic mass is 32.2. The second-order valence-electron chi connectivity index (χ2n) is 4.72. The monoisotopic (exact) mass is 239 g/mol. The standard InChI is InChI=1S/C12H17NO2S/c13-12(7-4-8-16(14,15)10-12)9-11-5-2-1-3-6-11/h1-3,5-6H,4,7-10,13H2. The lowest BCUT2D eigenvalue weighted by Gasteiger charge is -2.33. The van der Waals surface area contributed by atoms with Crippen molar-refractivity contribution in [1.29, 1.82) is 0 Å². The van der Waals surface area contributed by atoms with Crippen LogP contribution in [0.15, 0.2) is 30.3 Å². The second-order valence-corrected chi connectivity index (χ2v) is 6.90. The fourth-order valence-corrected chi connectivity index (χ4v) is 4.22.